The Morgan fingerprint density at radius 3 is 2.47 bits per heavy atom. The van der Waals surface area contributed by atoms with Crippen molar-refractivity contribution in [3.8, 4) is 0 Å². The highest BCUT2D eigenvalue weighted by Gasteiger charge is 2.18. The summed E-state index contributed by atoms with van der Waals surface area (Å²) in [4.78, 5) is 38.5. The van der Waals surface area contributed by atoms with E-state index in [0.717, 1.165) is 11.1 Å². The summed E-state index contributed by atoms with van der Waals surface area (Å²) in [6.07, 6.45) is 1.63. The van der Waals surface area contributed by atoms with Crippen molar-refractivity contribution in [3.63, 3.8) is 0 Å². The highest BCUT2D eigenvalue weighted by atomic mass is 16.2. The minimum absolute atomic E-state index is 0.197. The Kier molecular flexibility index (Phi) is 5.22. The fraction of sp³-hybridized carbons (Fsp3) is 0.273. The number of amides is 1. The van der Waals surface area contributed by atoms with Gasteiger partial charge in [0.2, 0.25) is 11.7 Å². The van der Waals surface area contributed by atoms with Crippen molar-refractivity contribution in [2.45, 2.75) is 39.8 Å². The van der Waals surface area contributed by atoms with Crippen LogP contribution < -0.4 is 16.6 Å². The van der Waals surface area contributed by atoms with Crippen molar-refractivity contribution in [2.24, 2.45) is 0 Å². The Bertz CT molecular complexity index is 1350. The number of para-hydroxylation sites is 1. The number of benzene rings is 2. The molecule has 2 aromatic heterocycles. The number of carbonyl (C=O) groups excluding carboxylic acids is 1. The lowest BCUT2D eigenvalue weighted by atomic mass is 10.1. The number of rotatable bonds is 6. The van der Waals surface area contributed by atoms with E-state index in [-0.39, 0.29) is 23.8 Å². The second-order valence-corrected chi connectivity index (χ2v) is 7.15. The van der Waals surface area contributed by atoms with Crippen LogP contribution in [-0.2, 0) is 24.3 Å². The molecule has 2 heterocycles. The first-order valence-corrected chi connectivity index (χ1v) is 10.0. The van der Waals surface area contributed by atoms with E-state index in [0.29, 0.717) is 29.6 Å². The molecule has 0 aliphatic carbocycles. The van der Waals surface area contributed by atoms with Crippen LogP contribution in [0.4, 0.5) is 5.69 Å². The smallest absolute Gasteiger partial charge is 0.324 e. The average Bonchev–Trinajstić information content (AvgIpc) is 3.07. The van der Waals surface area contributed by atoms with Crippen LogP contribution in [0.2, 0.25) is 0 Å². The Morgan fingerprint density at radius 2 is 1.77 bits per heavy atom. The molecular formula is C22H23N5O3. The maximum atomic E-state index is 13.0. The second kappa shape index (κ2) is 7.98. The summed E-state index contributed by atoms with van der Waals surface area (Å²) in [7, 11) is 0. The van der Waals surface area contributed by atoms with Gasteiger partial charge in [0.25, 0.3) is 5.56 Å². The summed E-state index contributed by atoms with van der Waals surface area (Å²) in [6, 6.07) is 14.5. The van der Waals surface area contributed by atoms with Gasteiger partial charge in [-0.1, -0.05) is 38.1 Å². The Hall–Kier alpha value is -3.68. The van der Waals surface area contributed by atoms with Crippen molar-refractivity contribution in [3.05, 3.63) is 74.9 Å². The predicted octanol–water partition coefficient (Wildman–Crippen LogP) is 2.42. The Balaban J connectivity index is 1.74. The molecule has 0 aliphatic heterocycles. The molecule has 0 spiro atoms. The lowest BCUT2D eigenvalue weighted by Gasteiger charge is -2.07. The normalized spacial score (nSPS) is 11.3. The van der Waals surface area contributed by atoms with Gasteiger partial charge in [0.05, 0.1) is 10.9 Å². The van der Waals surface area contributed by atoms with E-state index < -0.39 is 5.69 Å². The zero-order valence-electron chi connectivity index (χ0n) is 17.0. The number of aromatic nitrogens is 4. The Labute approximate surface area is 172 Å². The van der Waals surface area contributed by atoms with E-state index >= 15 is 0 Å². The molecule has 0 atom stereocenters. The minimum atomic E-state index is -0.456. The largest absolute Gasteiger partial charge is 0.352 e. The van der Waals surface area contributed by atoms with Gasteiger partial charge in [-0.25, -0.2) is 13.9 Å². The van der Waals surface area contributed by atoms with Crippen LogP contribution in [0.1, 0.15) is 25.8 Å². The number of anilines is 1. The third-order valence-corrected chi connectivity index (χ3v) is 5.07. The van der Waals surface area contributed by atoms with Gasteiger partial charge in [-0.2, -0.15) is 0 Å². The van der Waals surface area contributed by atoms with Crippen LogP contribution in [0.3, 0.4) is 0 Å². The molecular weight excluding hydrogens is 382 g/mol. The summed E-state index contributed by atoms with van der Waals surface area (Å²) in [5.41, 5.74) is 1.66. The van der Waals surface area contributed by atoms with E-state index in [2.05, 4.69) is 17.3 Å². The van der Waals surface area contributed by atoms with Gasteiger partial charge in [-0.15, -0.1) is 5.10 Å². The van der Waals surface area contributed by atoms with Crippen LogP contribution >= 0.6 is 0 Å². The lowest BCUT2D eigenvalue weighted by Crippen LogP contribution is -2.29. The predicted molar refractivity (Wildman–Crippen MR) is 116 cm³/mol. The molecule has 30 heavy (non-hydrogen) atoms. The van der Waals surface area contributed by atoms with Gasteiger partial charge in [-0.05, 0) is 42.7 Å². The molecule has 0 fully saturated rings. The van der Waals surface area contributed by atoms with Gasteiger partial charge in [0, 0.05) is 12.2 Å². The molecule has 154 valence electrons. The Morgan fingerprint density at radius 1 is 1.03 bits per heavy atom. The van der Waals surface area contributed by atoms with E-state index in [1.54, 1.807) is 24.3 Å². The molecule has 2 aromatic carbocycles. The average molecular weight is 405 g/mol. The number of fused-ring (bicyclic) bond motifs is 3. The number of carbonyl (C=O) groups is 1. The summed E-state index contributed by atoms with van der Waals surface area (Å²) >= 11 is 0. The number of aryl methyl sites for hydroxylation is 2. The topological polar surface area (TPSA) is 90.4 Å². The summed E-state index contributed by atoms with van der Waals surface area (Å²) in [5, 5.41) is 7.55. The van der Waals surface area contributed by atoms with Crippen molar-refractivity contribution < 1.29 is 4.79 Å². The van der Waals surface area contributed by atoms with Gasteiger partial charge in [-0.3, -0.25) is 14.2 Å². The molecule has 0 saturated carbocycles. The van der Waals surface area contributed by atoms with Crippen LogP contribution in [0.25, 0.3) is 16.7 Å². The van der Waals surface area contributed by atoms with Gasteiger partial charge >= 0.3 is 5.69 Å². The van der Waals surface area contributed by atoms with E-state index in [4.69, 9.17) is 0 Å². The first-order chi connectivity index (χ1) is 14.5. The van der Waals surface area contributed by atoms with Crippen LogP contribution in [0, 0.1) is 0 Å². The fourth-order valence-corrected chi connectivity index (χ4v) is 3.56. The van der Waals surface area contributed by atoms with Crippen molar-refractivity contribution in [2.75, 3.05) is 5.32 Å². The van der Waals surface area contributed by atoms with Crippen LogP contribution in [-0.4, -0.2) is 24.7 Å². The number of hydrogen-bond acceptors (Lipinski definition) is 4. The molecule has 0 unspecified atom stereocenters. The first kappa shape index (κ1) is 19.6. The van der Waals surface area contributed by atoms with Gasteiger partial charge in [0.1, 0.15) is 6.54 Å². The SMILES string of the molecule is CCCn1c(=O)c2ccccc2n2c(=O)n(CC(=O)Nc3ccc(CC)cc3)nc12. The first-order valence-electron chi connectivity index (χ1n) is 10.0. The fourth-order valence-electron chi connectivity index (χ4n) is 3.56. The molecule has 4 rings (SSSR count). The standard InChI is InChI=1S/C22H23N5O3/c1-3-13-25-20(29)17-7-5-6-8-18(17)27-21(25)24-26(22(27)30)14-19(28)23-16-11-9-15(4-2)10-12-16/h5-12H,3-4,13-14H2,1-2H3,(H,23,28). The molecule has 0 bridgehead atoms. The summed E-state index contributed by atoms with van der Waals surface area (Å²) in [6.45, 7) is 4.19. The molecule has 1 amide bonds. The molecule has 8 heteroatoms. The molecule has 8 nitrogen and oxygen atoms in total. The quantitative estimate of drug-likeness (QED) is 0.533. The maximum absolute atomic E-state index is 13.0. The zero-order chi connectivity index (χ0) is 21.3. The minimum Gasteiger partial charge on any atom is -0.324 e. The van der Waals surface area contributed by atoms with E-state index in [1.807, 2.05) is 31.2 Å². The van der Waals surface area contributed by atoms with Crippen molar-refractivity contribution >= 4 is 28.3 Å². The lowest BCUT2D eigenvalue weighted by molar-refractivity contribution is -0.117. The molecule has 0 radical (unpaired) electrons. The molecule has 1 N–H and O–H groups in total. The van der Waals surface area contributed by atoms with Gasteiger partial charge < -0.3 is 5.32 Å². The van der Waals surface area contributed by atoms with Crippen molar-refractivity contribution in [1.29, 1.82) is 0 Å². The number of hydrogen-bond donors (Lipinski definition) is 1. The van der Waals surface area contributed by atoms with E-state index in [9.17, 15) is 14.4 Å². The number of nitrogens with one attached hydrogen (secondary N) is 1. The molecule has 4 aromatic rings. The monoisotopic (exact) mass is 405 g/mol. The van der Waals surface area contributed by atoms with Gasteiger partial charge in [0.15, 0.2) is 0 Å². The maximum Gasteiger partial charge on any atom is 0.352 e. The third kappa shape index (κ3) is 3.41. The summed E-state index contributed by atoms with van der Waals surface area (Å²) in [5.74, 6) is -0.121. The van der Waals surface area contributed by atoms with E-state index in [1.165, 1.54) is 14.5 Å². The zero-order valence-corrected chi connectivity index (χ0v) is 17.0. The highest BCUT2D eigenvalue weighted by Crippen LogP contribution is 2.12. The second-order valence-electron chi connectivity index (χ2n) is 7.15. The number of nitrogens with zero attached hydrogens (tertiary/aromatic N) is 4. The van der Waals surface area contributed by atoms with Crippen LogP contribution in [0.5, 0.6) is 0 Å². The highest BCUT2D eigenvalue weighted by molar-refractivity contribution is 5.90. The van der Waals surface area contributed by atoms with Crippen molar-refractivity contribution in [1.82, 2.24) is 18.7 Å². The van der Waals surface area contributed by atoms with Crippen LogP contribution in [0.15, 0.2) is 58.1 Å². The third-order valence-electron chi connectivity index (χ3n) is 5.07. The molecule has 0 saturated heterocycles. The molecule has 0 aliphatic rings. The summed E-state index contributed by atoms with van der Waals surface area (Å²) < 4.78 is 3.99.